The van der Waals surface area contributed by atoms with Gasteiger partial charge in [-0.15, -0.1) is 0 Å². The average molecular weight is 231 g/mol. The van der Waals surface area contributed by atoms with E-state index in [0.29, 0.717) is 11.5 Å². The second-order valence-corrected chi connectivity index (χ2v) is 4.56. The lowest BCUT2D eigenvalue weighted by Crippen LogP contribution is -2.12. The number of benzene rings is 1. The van der Waals surface area contributed by atoms with Gasteiger partial charge in [-0.1, -0.05) is 0 Å². The van der Waals surface area contributed by atoms with Crippen molar-refractivity contribution in [3.8, 4) is 11.5 Å². The van der Waals surface area contributed by atoms with Gasteiger partial charge in [0.15, 0.2) is 0 Å². The summed E-state index contributed by atoms with van der Waals surface area (Å²) in [4.78, 5) is -0.0261. The molecule has 1 rings (SSSR count). The van der Waals surface area contributed by atoms with E-state index < -0.39 is 10.0 Å². The van der Waals surface area contributed by atoms with Gasteiger partial charge in [-0.05, 0) is 6.92 Å². The number of sulfonamides is 1. The number of hydrogen-bond acceptors (Lipinski definition) is 4. The van der Waals surface area contributed by atoms with Crippen molar-refractivity contribution in [3.63, 3.8) is 0 Å². The fraction of sp³-hybridized carbons (Fsp3) is 0.333. The molecule has 0 atom stereocenters. The van der Waals surface area contributed by atoms with Gasteiger partial charge in [0.1, 0.15) is 11.5 Å². The van der Waals surface area contributed by atoms with Crippen LogP contribution in [0.15, 0.2) is 17.0 Å². The first-order valence-corrected chi connectivity index (χ1v) is 5.70. The van der Waals surface area contributed by atoms with E-state index in [4.69, 9.17) is 14.6 Å². The van der Waals surface area contributed by atoms with Crippen molar-refractivity contribution >= 4 is 10.0 Å². The Morgan fingerprint density at radius 3 is 1.80 bits per heavy atom. The van der Waals surface area contributed by atoms with Crippen LogP contribution in [0.3, 0.4) is 0 Å². The largest absolute Gasteiger partial charge is 0.496 e. The summed E-state index contributed by atoms with van der Waals surface area (Å²) in [7, 11) is -0.839. The zero-order chi connectivity index (χ0) is 11.6. The van der Waals surface area contributed by atoms with E-state index in [-0.39, 0.29) is 4.90 Å². The number of nitrogens with two attached hydrogens (primary N) is 1. The van der Waals surface area contributed by atoms with E-state index in [9.17, 15) is 8.42 Å². The molecule has 0 aliphatic carbocycles. The quantitative estimate of drug-likeness (QED) is 0.828. The van der Waals surface area contributed by atoms with Gasteiger partial charge in [-0.25, -0.2) is 13.6 Å². The number of primary sulfonamides is 1. The summed E-state index contributed by atoms with van der Waals surface area (Å²) in [6.07, 6.45) is 0. The summed E-state index contributed by atoms with van der Waals surface area (Å²) in [6.45, 7) is 1.77. The van der Waals surface area contributed by atoms with Crippen LogP contribution in [0.2, 0.25) is 0 Å². The molecule has 0 spiro atoms. The highest BCUT2D eigenvalue weighted by Gasteiger charge is 2.14. The molecular formula is C9H13NO4S. The zero-order valence-electron chi connectivity index (χ0n) is 8.77. The topological polar surface area (TPSA) is 78.6 Å². The third-order valence-electron chi connectivity index (χ3n) is 2.05. The molecule has 0 aliphatic heterocycles. The van der Waals surface area contributed by atoms with Crippen LogP contribution in [0.5, 0.6) is 11.5 Å². The highest BCUT2D eigenvalue weighted by molar-refractivity contribution is 7.89. The molecule has 15 heavy (non-hydrogen) atoms. The van der Waals surface area contributed by atoms with Gasteiger partial charge in [0, 0.05) is 17.7 Å². The maximum atomic E-state index is 11.1. The Morgan fingerprint density at radius 1 is 1.13 bits per heavy atom. The minimum Gasteiger partial charge on any atom is -0.496 e. The van der Waals surface area contributed by atoms with Gasteiger partial charge in [0.05, 0.1) is 19.1 Å². The first-order valence-electron chi connectivity index (χ1n) is 4.15. The summed E-state index contributed by atoms with van der Waals surface area (Å²) in [5.41, 5.74) is 0.729. The smallest absolute Gasteiger partial charge is 0.238 e. The Balaban J connectivity index is 3.47. The van der Waals surface area contributed by atoms with Gasteiger partial charge >= 0.3 is 0 Å². The maximum Gasteiger partial charge on any atom is 0.238 e. The molecule has 0 fully saturated rings. The lowest BCUT2D eigenvalue weighted by atomic mass is 10.2. The fourth-order valence-corrected chi connectivity index (χ4v) is 1.77. The zero-order valence-corrected chi connectivity index (χ0v) is 9.59. The van der Waals surface area contributed by atoms with Crippen molar-refractivity contribution in [2.45, 2.75) is 11.8 Å². The summed E-state index contributed by atoms with van der Waals surface area (Å²) < 4.78 is 32.3. The number of ether oxygens (including phenoxy) is 2. The van der Waals surface area contributed by atoms with Crippen molar-refractivity contribution in [2.75, 3.05) is 14.2 Å². The van der Waals surface area contributed by atoms with Crippen molar-refractivity contribution in [2.24, 2.45) is 5.14 Å². The van der Waals surface area contributed by atoms with Crippen molar-refractivity contribution in [1.29, 1.82) is 0 Å². The second-order valence-electron chi connectivity index (χ2n) is 3.00. The highest BCUT2D eigenvalue weighted by Crippen LogP contribution is 2.30. The highest BCUT2D eigenvalue weighted by atomic mass is 32.2. The van der Waals surface area contributed by atoms with Crippen LogP contribution in [0.1, 0.15) is 5.56 Å². The molecular weight excluding hydrogens is 218 g/mol. The molecule has 1 aromatic carbocycles. The molecule has 0 bridgehead atoms. The molecule has 0 saturated carbocycles. The Hall–Kier alpha value is -1.27. The van der Waals surface area contributed by atoms with E-state index in [1.807, 2.05) is 0 Å². The number of hydrogen-bond donors (Lipinski definition) is 1. The SMILES string of the molecule is COc1cc(S(N)(=O)=O)cc(OC)c1C. The van der Waals surface area contributed by atoms with Gasteiger partial charge in [-0.2, -0.15) is 0 Å². The molecule has 6 heteroatoms. The lowest BCUT2D eigenvalue weighted by Gasteiger charge is -2.11. The Morgan fingerprint density at radius 2 is 1.53 bits per heavy atom. The van der Waals surface area contributed by atoms with Crippen LogP contribution in [-0.2, 0) is 10.0 Å². The van der Waals surface area contributed by atoms with E-state index in [1.54, 1.807) is 6.92 Å². The molecule has 1 aromatic rings. The first kappa shape index (κ1) is 11.8. The molecule has 0 unspecified atom stereocenters. The van der Waals surface area contributed by atoms with Crippen molar-refractivity contribution in [3.05, 3.63) is 17.7 Å². The molecule has 0 radical (unpaired) electrons. The van der Waals surface area contributed by atoms with Crippen molar-refractivity contribution < 1.29 is 17.9 Å². The first-order chi connectivity index (χ1) is 6.90. The molecule has 0 amide bonds. The minimum absolute atomic E-state index is 0.0261. The van der Waals surface area contributed by atoms with Crippen LogP contribution in [-0.4, -0.2) is 22.6 Å². The van der Waals surface area contributed by atoms with Crippen LogP contribution < -0.4 is 14.6 Å². The molecule has 0 heterocycles. The minimum atomic E-state index is -3.74. The van der Waals surface area contributed by atoms with Gasteiger partial charge in [-0.3, -0.25) is 0 Å². The van der Waals surface area contributed by atoms with Gasteiger partial charge in [0.25, 0.3) is 0 Å². The monoisotopic (exact) mass is 231 g/mol. The van der Waals surface area contributed by atoms with Gasteiger partial charge < -0.3 is 9.47 Å². The summed E-state index contributed by atoms with van der Waals surface area (Å²) >= 11 is 0. The van der Waals surface area contributed by atoms with E-state index >= 15 is 0 Å². The number of rotatable bonds is 3. The molecule has 0 saturated heterocycles. The van der Waals surface area contributed by atoms with Crippen LogP contribution in [0.4, 0.5) is 0 Å². The standard InChI is InChI=1S/C9H13NO4S/c1-6-8(13-2)4-7(15(10,11)12)5-9(6)14-3/h4-5H,1-3H3,(H2,10,11,12). The molecule has 84 valence electrons. The maximum absolute atomic E-state index is 11.1. The predicted octanol–water partition coefficient (Wildman–Crippen LogP) is 0.660. The predicted molar refractivity (Wildman–Crippen MR) is 55.7 cm³/mol. The second kappa shape index (κ2) is 4.08. The van der Waals surface area contributed by atoms with Crippen LogP contribution in [0, 0.1) is 6.92 Å². The van der Waals surface area contributed by atoms with E-state index in [1.165, 1.54) is 26.4 Å². The lowest BCUT2D eigenvalue weighted by molar-refractivity contribution is 0.386. The van der Waals surface area contributed by atoms with Crippen molar-refractivity contribution in [1.82, 2.24) is 0 Å². The molecule has 0 aromatic heterocycles. The third-order valence-corrected chi connectivity index (χ3v) is 2.95. The van der Waals surface area contributed by atoms with E-state index in [0.717, 1.165) is 5.56 Å². The Bertz CT molecular complexity index is 442. The Kier molecular flexibility index (Phi) is 3.21. The van der Waals surface area contributed by atoms with Gasteiger partial charge in [0.2, 0.25) is 10.0 Å². The molecule has 5 nitrogen and oxygen atoms in total. The Labute approximate surface area is 88.9 Å². The summed E-state index contributed by atoms with van der Waals surface area (Å²) in [5.74, 6) is 0.858. The molecule has 0 aliphatic rings. The van der Waals surface area contributed by atoms with Crippen LogP contribution >= 0.6 is 0 Å². The fourth-order valence-electron chi connectivity index (χ4n) is 1.23. The molecule has 2 N–H and O–H groups in total. The van der Waals surface area contributed by atoms with Crippen LogP contribution in [0.25, 0.3) is 0 Å². The van der Waals surface area contributed by atoms with E-state index in [2.05, 4.69) is 0 Å². The summed E-state index contributed by atoms with van der Waals surface area (Å²) in [5, 5.41) is 5.02. The third kappa shape index (κ3) is 2.40. The number of methoxy groups -OCH3 is 2. The normalized spacial score (nSPS) is 11.2. The average Bonchev–Trinajstić information content (AvgIpc) is 2.16. The summed E-state index contributed by atoms with van der Waals surface area (Å²) in [6, 6.07) is 2.74.